The molecule has 1 aliphatic rings. The molecule has 1 heterocycles. The Hall–Kier alpha value is -3.39. The standard InChI is InChI=1S/C22H23ClN4O4/c1-14-4-10-17(11-5-14)24-18(28)12-26(3)19(29)13-27-20(30)22(2,25-21(27)31)15-6-8-16(23)9-7-15/h4-11H,12-13H2,1-3H3,(H,24,28)(H,25,31)/t22-/m0/s1. The Kier molecular flexibility index (Phi) is 6.31. The van der Waals surface area contributed by atoms with Crippen molar-refractivity contribution in [2.45, 2.75) is 19.4 Å². The highest BCUT2D eigenvalue weighted by atomic mass is 35.5. The van der Waals surface area contributed by atoms with Crippen LogP contribution < -0.4 is 10.6 Å². The number of imide groups is 1. The first-order chi connectivity index (χ1) is 14.6. The number of amides is 5. The Morgan fingerprint density at radius 3 is 2.32 bits per heavy atom. The van der Waals surface area contributed by atoms with E-state index in [0.717, 1.165) is 10.5 Å². The summed E-state index contributed by atoms with van der Waals surface area (Å²) in [5.74, 6) is -1.48. The van der Waals surface area contributed by atoms with Crippen LogP contribution in [0.15, 0.2) is 48.5 Å². The summed E-state index contributed by atoms with van der Waals surface area (Å²) in [6, 6.07) is 13.1. The lowest BCUT2D eigenvalue weighted by Gasteiger charge is -2.23. The second kappa shape index (κ2) is 8.77. The first-order valence-corrected chi connectivity index (χ1v) is 9.98. The Balaban J connectivity index is 1.61. The zero-order chi connectivity index (χ0) is 22.8. The van der Waals surface area contributed by atoms with E-state index in [9.17, 15) is 19.2 Å². The molecule has 1 aliphatic heterocycles. The van der Waals surface area contributed by atoms with Crippen LogP contribution in [0.5, 0.6) is 0 Å². The van der Waals surface area contributed by atoms with Crippen molar-refractivity contribution in [1.29, 1.82) is 0 Å². The number of benzene rings is 2. The second-order valence-corrected chi connectivity index (χ2v) is 8.05. The molecule has 0 aliphatic carbocycles. The SMILES string of the molecule is Cc1ccc(NC(=O)CN(C)C(=O)CN2C(=O)N[C@@](C)(c3ccc(Cl)cc3)C2=O)cc1. The average Bonchev–Trinajstić information content (AvgIpc) is 2.94. The summed E-state index contributed by atoms with van der Waals surface area (Å²) in [5.41, 5.74) is 0.924. The van der Waals surface area contributed by atoms with Gasteiger partial charge in [0.1, 0.15) is 12.1 Å². The number of anilines is 1. The van der Waals surface area contributed by atoms with Crippen LogP contribution in [0.25, 0.3) is 0 Å². The molecule has 1 atom stereocenters. The van der Waals surface area contributed by atoms with Crippen LogP contribution in [0.3, 0.4) is 0 Å². The van der Waals surface area contributed by atoms with Gasteiger partial charge in [-0.25, -0.2) is 4.79 Å². The molecule has 3 rings (SSSR count). The van der Waals surface area contributed by atoms with Gasteiger partial charge in [0.15, 0.2) is 0 Å². The molecular formula is C22H23ClN4O4. The topological polar surface area (TPSA) is 98.8 Å². The van der Waals surface area contributed by atoms with Gasteiger partial charge in [0.25, 0.3) is 5.91 Å². The van der Waals surface area contributed by atoms with Crippen LogP contribution in [0.4, 0.5) is 10.5 Å². The number of hydrogen-bond donors (Lipinski definition) is 2. The van der Waals surface area contributed by atoms with Crippen molar-refractivity contribution in [1.82, 2.24) is 15.1 Å². The van der Waals surface area contributed by atoms with Crippen molar-refractivity contribution >= 4 is 41.0 Å². The van der Waals surface area contributed by atoms with Gasteiger partial charge in [-0.05, 0) is 43.7 Å². The van der Waals surface area contributed by atoms with E-state index < -0.39 is 29.9 Å². The minimum absolute atomic E-state index is 0.217. The van der Waals surface area contributed by atoms with E-state index in [4.69, 9.17) is 11.6 Å². The first kappa shape index (κ1) is 22.3. The molecule has 9 heteroatoms. The van der Waals surface area contributed by atoms with E-state index >= 15 is 0 Å². The third-order valence-electron chi connectivity index (χ3n) is 5.13. The summed E-state index contributed by atoms with van der Waals surface area (Å²) < 4.78 is 0. The number of nitrogens with one attached hydrogen (secondary N) is 2. The predicted octanol–water partition coefficient (Wildman–Crippen LogP) is 2.51. The third-order valence-corrected chi connectivity index (χ3v) is 5.38. The highest BCUT2D eigenvalue weighted by Gasteiger charge is 2.49. The molecule has 5 amide bonds. The highest BCUT2D eigenvalue weighted by Crippen LogP contribution is 2.29. The highest BCUT2D eigenvalue weighted by molar-refractivity contribution is 6.30. The van der Waals surface area contributed by atoms with Crippen LogP contribution in [0.2, 0.25) is 5.02 Å². The quantitative estimate of drug-likeness (QED) is 0.671. The van der Waals surface area contributed by atoms with Crippen LogP contribution >= 0.6 is 11.6 Å². The number of carbonyl (C=O) groups is 4. The van der Waals surface area contributed by atoms with Gasteiger partial charge in [-0.2, -0.15) is 0 Å². The molecule has 162 valence electrons. The molecule has 0 aromatic heterocycles. The number of nitrogens with zero attached hydrogens (tertiary/aromatic N) is 2. The summed E-state index contributed by atoms with van der Waals surface area (Å²) in [4.78, 5) is 52.1. The second-order valence-electron chi connectivity index (χ2n) is 7.62. The lowest BCUT2D eigenvalue weighted by atomic mass is 9.92. The Morgan fingerprint density at radius 2 is 1.71 bits per heavy atom. The molecule has 0 radical (unpaired) electrons. The van der Waals surface area contributed by atoms with E-state index in [1.54, 1.807) is 43.3 Å². The molecule has 2 aromatic carbocycles. The van der Waals surface area contributed by atoms with Crippen molar-refractivity contribution < 1.29 is 19.2 Å². The third kappa shape index (κ3) is 4.86. The van der Waals surface area contributed by atoms with Gasteiger partial charge in [0, 0.05) is 17.8 Å². The fourth-order valence-electron chi connectivity index (χ4n) is 3.22. The molecule has 1 saturated heterocycles. The van der Waals surface area contributed by atoms with Gasteiger partial charge >= 0.3 is 6.03 Å². The maximum atomic E-state index is 12.9. The molecule has 0 saturated carbocycles. The zero-order valence-corrected chi connectivity index (χ0v) is 18.2. The van der Waals surface area contributed by atoms with Crippen molar-refractivity contribution in [2.24, 2.45) is 0 Å². The molecule has 0 unspecified atom stereocenters. The summed E-state index contributed by atoms with van der Waals surface area (Å²) in [5, 5.41) is 5.84. The maximum Gasteiger partial charge on any atom is 0.325 e. The van der Waals surface area contributed by atoms with Gasteiger partial charge in [0.05, 0.1) is 6.54 Å². The number of carbonyl (C=O) groups excluding carboxylic acids is 4. The average molecular weight is 443 g/mol. The minimum Gasteiger partial charge on any atom is -0.335 e. The van der Waals surface area contributed by atoms with E-state index in [0.29, 0.717) is 16.3 Å². The van der Waals surface area contributed by atoms with Gasteiger partial charge in [-0.15, -0.1) is 0 Å². The normalized spacial score (nSPS) is 18.0. The Labute approximate surface area is 185 Å². The van der Waals surface area contributed by atoms with Crippen molar-refractivity contribution in [2.75, 3.05) is 25.5 Å². The molecule has 0 spiro atoms. The smallest absolute Gasteiger partial charge is 0.325 e. The lowest BCUT2D eigenvalue weighted by Crippen LogP contribution is -2.45. The Bertz CT molecular complexity index is 1020. The molecule has 8 nitrogen and oxygen atoms in total. The van der Waals surface area contributed by atoms with Crippen molar-refractivity contribution in [3.05, 3.63) is 64.7 Å². The summed E-state index contributed by atoms with van der Waals surface area (Å²) in [6.07, 6.45) is 0. The number of rotatable bonds is 6. The van der Waals surface area contributed by atoms with Gasteiger partial charge in [-0.1, -0.05) is 41.4 Å². The van der Waals surface area contributed by atoms with E-state index in [1.165, 1.54) is 11.9 Å². The number of likely N-dealkylation sites (N-methyl/N-ethyl adjacent to an activating group) is 1. The van der Waals surface area contributed by atoms with Crippen molar-refractivity contribution in [3.8, 4) is 0 Å². The molecule has 1 fully saturated rings. The molecule has 2 N–H and O–H groups in total. The monoisotopic (exact) mass is 442 g/mol. The predicted molar refractivity (Wildman–Crippen MR) is 116 cm³/mol. The number of halogens is 1. The van der Waals surface area contributed by atoms with Gasteiger partial charge in [-0.3, -0.25) is 19.3 Å². The number of urea groups is 1. The van der Waals surface area contributed by atoms with Gasteiger partial charge < -0.3 is 15.5 Å². The van der Waals surface area contributed by atoms with E-state index in [1.807, 2.05) is 19.1 Å². The fraction of sp³-hybridized carbons (Fsp3) is 0.273. The summed E-state index contributed by atoms with van der Waals surface area (Å²) >= 11 is 5.90. The van der Waals surface area contributed by atoms with Crippen LogP contribution in [0.1, 0.15) is 18.1 Å². The summed E-state index contributed by atoms with van der Waals surface area (Å²) in [7, 11) is 1.44. The minimum atomic E-state index is -1.30. The largest absolute Gasteiger partial charge is 0.335 e. The molecular weight excluding hydrogens is 420 g/mol. The molecule has 31 heavy (non-hydrogen) atoms. The van der Waals surface area contributed by atoms with Crippen molar-refractivity contribution in [3.63, 3.8) is 0 Å². The lowest BCUT2D eigenvalue weighted by molar-refractivity contribution is -0.139. The molecule has 0 bridgehead atoms. The van der Waals surface area contributed by atoms with Gasteiger partial charge in [0.2, 0.25) is 11.8 Å². The Morgan fingerprint density at radius 1 is 1.10 bits per heavy atom. The fourth-order valence-corrected chi connectivity index (χ4v) is 3.34. The van der Waals surface area contributed by atoms with Crippen LogP contribution in [0, 0.1) is 6.92 Å². The number of hydrogen-bond acceptors (Lipinski definition) is 4. The van der Waals surface area contributed by atoms with E-state index in [-0.39, 0.29) is 12.5 Å². The van der Waals surface area contributed by atoms with E-state index in [2.05, 4.69) is 10.6 Å². The zero-order valence-electron chi connectivity index (χ0n) is 17.4. The summed E-state index contributed by atoms with van der Waals surface area (Å²) in [6.45, 7) is 2.82. The maximum absolute atomic E-state index is 12.9. The number of aryl methyl sites for hydroxylation is 1. The van der Waals surface area contributed by atoms with Crippen LogP contribution in [-0.2, 0) is 19.9 Å². The first-order valence-electron chi connectivity index (χ1n) is 9.61. The van der Waals surface area contributed by atoms with Crippen LogP contribution in [-0.4, -0.2) is 53.7 Å². The molecule has 2 aromatic rings.